The third-order valence-electron chi connectivity index (χ3n) is 4.25. The molecule has 4 rings (SSSR count). The molecule has 0 fully saturated rings. The Morgan fingerprint density at radius 2 is 1.78 bits per heavy atom. The highest BCUT2D eigenvalue weighted by Crippen LogP contribution is 2.37. The van der Waals surface area contributed by atoms with Crippen molar-refractivity contribution in [1.82, 2.24) is 29.8 Å². The Kier molecular flexibility index (Phi) is 4.61. The second-order valence-electron chi connectivity index (χ2n) is 6.03. The lowest BCUT2D eigenvalue weighted by molar-refractivity contribution is 0.0715. The highest BCUT2D eigenvalue weighted by atomic mass is 32.2. The van der Waals surface area contributed by atoms with Gasteiger partial charge in [0.25, 0.3) is 0 Å². The fourth-order valence-electron chi connectivity index (χ4n) is 2.97. The Morgan fingerprint density at radius 3 is 2.56 bits per heavy atom. The predicted molar refractivity (Wildman–Crippen MR) is 99.1 cm³/mol. The molecule has 0 amide bonds. The van der Waals surface area contributed by atoms with Crippen molar-refractivity contribution in [3.05, 3.63) is 59.9 Å². The maximum Gasteiger partial charge on any atom is 0.320 e. The first kappa shape index (κ1) is 17.6. The van der Waals surface area contributed by atoms with Crippen LogP contribution in [0.3, 0.4) is 0 Å². The minimum atomic E-state index is -2.68. The van der Waals surface area contributed by atoms with Crippen LogP contribution in [0, 0.1) is 6.92 Å². The van der Waals surface area contributed by atoms with E-state index < -0.39 is 6.55 Å². The van der Waals surface area contributed by atoms with Crippen molar-refractivity contribution in [3.8, 4) is 5.69 Å². The molecule has 138 valence electrons. The Balaban J connectivity index is 1.72. The first-order valence-corrected chi connectivity index (χ1v) is 9.20. The van der Waals surface area contributed by atoms with E-state index >= 15 is 0 Å². The lowest BCUT2D eigenvalue weighted by atomic mass is 10.2. The number of aryl methyl sites for hydroxylation is 1. The van der Waals surface area contributed by atoms with Crippen molar-refractivity contribution in [2.24, 2.45) is 0 Å². The van der Waals surface area contributed by atoms with Gasteiger partial charge in [-0.25, -0.2) is 4.98 Å². The monoisotopic (exact) mass is 386 g/mol. The molecular formula is C18H16F2N6S. The number of halogens is 2. The summed E-state index contributed by atoms with van der Waals surface area (Å²) in [6, 6.07) is 14.6. The number of hydrogen-bond donors (Lipinski definition) is 0. The van der Waals surface area contributed by atoms with E-state index in [4.69, 9.17) is 0 Å². The van der Waals surface area contributed by atoms with Gasteiger partial charge >= 0.3 is 6.55 Å². The average molecular weight is 386 g/mol. The molecule has 0 spiro atoms. The smallest absolute Gasteiger partial charge is 0.269 e. The minimum absolute atomic E-state index is 0.288. The number of rotatable bonds is 5. The molecule has 0 aliphatic carbocycles. The fourth-order valence-corrected chi connectivity index (χ4v) is 3.88. The zero-order chi connectivity index (χ0) is 19.0. The van der Waals surface area contributed by atoms with E-state index in [-0.39, 0.29) is 11.1 Å². The topological polar surface area (TPSA) is 61.4 Å². The van der Waals surface area contributed by atoms with E-state index in [1.165, 1.54) is 11.8 Å². The number of benzene rings is 2. The van der Waals surface area contributed by atoms with Crippen molar-refractivity contribution in [1.29, 1.82) is 0 Å². The second kappa shape index (κ2) is 7.07. The van der Waals surface area contributed by atoms with Crippen molar-refractivity contribution < 1.29 is 8.78 Å². The molecule has 2 aromatic carbocycles. The van der Waals surface area contributed by atoms with Crippen molar-refractivity contribution >= 4 is 22.8 Å². The molecule has 0 saturated heterocycles. The lowest BCUT2D eigenvalue weighted by Crippen LogP contribution is -2.07. The Labute approximate surface area is 158 Å². The summed E-state index contributed by atoms with van der Waals surface area (Å²) in [5.74, 6) is 0.288. The summed E-state index contributed by atoms with van der Waals surface area (Å²) in [6.45, 7) is 1.11. The molecule has 0 N–H and O–H groups in total. The van der Waals surface area contributed by atoms with Crippen LogP contribution in [-0.4, -0.2) is 29.8 Å². The van der Waals surface area contributed by atoms with Gasteiger partial charge in [-0.05, 0) is 48.0 Å². The van der Waals surface area contributed by atoms with E-state index in [0.29, 0.717) is 16.2 Å². The van der Waals surface area contributed by atoms with Gasteiger partial charge in [0.05, 0.1) is 22.0 Å². The van der Waals surface area contributed by atoms with Crippen LogP contribution in [0.4, 0.5) is 8.78 Å². The number of alkyl halides is 2. The van der Waals surface area contributed by atoms with Crippen molar-refractivity contribution in [3.63, 3.8) is 0 Å². The molecule has 0 aliphatic rings. The number of aromatic nitrogens is 6. The van der Waals surface area contributed by atoms with Crippen LogP contribution in [0.25, 0.3) is 16.7 Å². The van der Waals surface area contributed by atoms with Crippen LogP contribution in [0.15, 0.2) is 53.7 Å². The number of hydrogen-bond acceptors (Lipinski definition) is 5. The zero-order valence-electron chi connectivity index (χ0n) is 14.6. The summed E-state index contributed by atoms with van der Waals surface area (Å²) >= 11 is 1.29. The van der Waals surface area contributed by atoms with Crippen LogP contribution in [0.1, 0.15) is 30.1 Å². The highest BCUT2D eigenvalue weighted by Gasteiger charge is 2.24. The Hall–Kier alpha value is -2.81. The first-order valence-electron chi connectivity index (χ1n) is 8.32. The van der Waals surface area contributed by atoms with E-state index in [9.17, 15) is 8.78 Å². The summed E-state index contributed by atoms with van der Waals surface area (Å²) < 4.78 is 30.0. The molecular weight excluding hydrogens is 370 g/mol. The first-order chi connectivity index (χ1) is 13.1. The van der Waals surface area contributed by atoms with Gasteiger partial charge in [-0.2, -0.15) is 13.5 Å². The summed E-state index contributed by atoms with van der Waals surface area (Å²) in [6.07, 6.45) is 0. The van der Waals surface area contributed by atoms with Crippen LogP contribution in [0.5, 0.6) is 0 Å². The molecule has 27 heavy (non-hydrogen) atoms. The van der Waals surface area contributed by atoms with E-state index in [2.05, 4.69) is 20.5 Å². The summed E-state index contributed by atoms with van der Waals surface area (Å²) in [7, 11) is 0. The SMILES string of the molecule is Cc1ccccc1-n1nnnc1S[C@H](C)c1nc2ccccc2n1C(F)F. The molecule has 4 aromatic rings. The number of thioether (sulfide) groups is 1. The maximum absolute atomic E-state index is 13.7. The number of fused-ring (bicyclic) bond motifs is 1. The van der Waals surface area contributed by atoms with E-state index in [1.54, 1.807) is 28.9 Å². The minimum Gasteiger partial charge on any atom is -0.269 e. The molecule has 0 bridgehead atoms. The Morgan fingerprint density at radius 1 is 1.04 bits per heavy atom. The van der Waals surface area contributed by atoms with Gasteiger partial charge in [-0.3, -0.25) is 4.57 Å². The molecule has 2 heterocycles. The number of para-hydroxylation sites is 3. The predicted octanol–water partition coefficient (Wildman–Crippen LogP) is 4.57. The molecule has 6 nitrogen and oxygen atoms in total. The third-order valence-corrected chi connectivity index (χ3v) is 5.28. The molecule has 2 aromatic heterocycles. The van der Waals surface area contributed by atoms with Crippen LogP contribution < -0.4 is 0 Å². The maximum atomic E-state index is 13.7. The highest BCUT2D eigenvalue weighted by molar-refractivity contribution is 7.99. The van der Waals surface area contributed by atoms with Gasteiger partial charge in [-0.15, -0.1) is 5.10 Å². The Bertz CT molecular complexity index is 1090. The standard InChI is InChI=1S/C18H16F2N6S/c1-11-7-3-5-9-14(11)26-18(22-23-24-26)27-12(2)16-21-13-8-4-6-10-15(13)25(16)17(19)20/h3-10,12,17H,1-2H3/t12-/m1/s1. The normalized spacial score (nSPS) is 12.8. The third kappa shape index (κ3) is 3.18. The van der Waals surface area contributed by atoms with Crippen LogP contribution >= 0.6 is 11.8 Å². The molecule has 0 saturated carbocycles. The fraction of sp³-hybridized carbons (Fsp3) is 0.222. The molecule has 0 aliphatic heterocycles. The van der Waals surface area contributed by atoms with Crippen molar-refractivity contribution in [2.75, 3.05) is 0 Å². The molecule has 0 unspecified atom stereocenters. The number of nitrogens with zero attached hydrogens (tertiary/aromatic N) is 6. The van der Waals surface area contributed by atoms with Gasteiger partial charge in [0.2, 0.25) is 5.16 Å². The zero-order valence-corrected chi connectivity index (χ0v) is 15.4. The van der Waals surface area contributed by atoms with E-state index in [1.807, 2.05) is 38.1 Å². The van der Waals surface area contributed by atoms with Gasteiger partial charge in [0, 0.05) is 0 Å². The van der Waals surface area contributed by atoms with Gasteiger partial charge in [-0.1, -0.05) is 42.1 Å². The number of imidazole rings is 1. The van der Waals surface area contributed by atoms with Gasteiger partial charge in [0.1, 0.15) is 5.82 Å². The largest absolute Gasteiger partial charge is 0.320 e. The lowest BCUT2D eigenvalue weighted by Gasteiger charge is -2.14. The molecule has 0 radical (unpaired) electrons. The summed E-state index contributed by atoms with van der Waals surface area (Å²) in [5.41, 5.74) is 2.81. The average Bonchev–Trinajstić information content (AvgIpc) is 3.26. The summed E-state index contributed by atoms with van der Waals surface area (Å²) in [5, 5.41) is 12.0. The van der Waals surface area contributed by atoms with E-state index in [0.717, 1.165) is 15.8 Å². The van der Waals surface area contributed by atoms with Crippen molar-refractivity contribution in [2.45, 2.75) is 30.8 Å². The quantitative estimate of drug-likeness (QED) is 0.470. The van der Waals surface area contributed by atoms with Crippen LogP contribution in [-0.2, 0) is 0 Å². The second-order valence-corrected chi connectivity index (χ2v) is 7.33. The van der Waals surface area contributed by atoms with Gasteiger partial charge in [0.15, 0.2) is 0 Å². The molecule has 9 heteroatoms. The van der Waals surface area contributed by atoms with Gasteiger partial charge < -0.3 is 0 Å². The van der Waals surface area contributed by atoms with Crippen LogP contribution in [0.2, 0.25) is 0 Å². The summed E-state index contributed by atoms with van der Waals surface area (Å²) in [4.78, 5) is 4.42. The number of tetrazole rings is 1. The molecule has 1 atom stereocenters.